The zero-order valence-electron chi connectivity index (χ0n) is 12.6. The highest BCUT2D eigenvalue weighted by atomic mass is 32.2. The minimum atomic E-state index is -0.924. The first-order chi connectivity index (χ1) is 10.4. The van der Waals surface area contributed by atoms with Crippen LogP contribution in [-0.4, -0.2) is 42.4 Å². The molecule has 116 valence electrons. The molecule has 0 aliphatic carbocycles. The fourth-order valence-corrected chi connectivity index (χ4v) is 2.98. The third kappa shape index (κ3) is 3.51. The molecule has 2 aromatic rings. The van der Waals surface area contributed by atoms with Gasteiger partial charge in [0, 0.05) is 19.0 Å². The second-order valence-electron chi connectivity index (χ2n) is 4.97. The number of carboxylic acid groups (broad SMARTS) is 1. The van der Waals surface area contributed by atoms with Gasteiger partial charge in [0.2, 0.25) is 0 Å². The van der Waals surface area contributed by atoms with Crippen LogP contribution in [0.25, 0.3) is 10.8 Å². The highest BCUT2D eigenvalue weighted by Gasteiger charge is 2.16. The van der Waals surface area contributed by atoms with Crippen LogP contribution in [0.5, 0.6) is 5.75 Å². The number of carbonyl (C=O) groups is 2. The lowest BCUT2D eigenvalue weighted by molar-refractivity contribution is -0.136. The van der Waals surface area contributed by atoms with E-state index in [1.807, 2.05) is 18.2 Å². The maximum Gasteiger partial charge on any atom is 0.307 e. The Bertz CT molecular complexity index is 727. The Morgan fingerprint density at radius 2 is 1.95 bits per heavy atom. The third-order valence-electron chi connectivity index (χ3n) is 3.16. The first kappa shape index (κ1) is 16.2. The molecule has 1 amide bonds. The van der Waals surface area contributed by atoms with E-state index >= 15 is 0 Å². The zero-order chi connectivity index (χ0) is 16.3. The molecule has 0 radical (unpaired) electrons. The van der Waals surface area contributed by atoms with E-state index in [1.54, 1.807) is 33.3 Å². The first-order valence-electron chi connectivity index (χ1n) is 6.63. The molecular weight excluding hydrogens is 302 g/mol. The lowest BCUT2D eigenvalue weighted by Gasteiger charge is -2.14. The molecule has 0 fully saturated rings. The Labute approximate surface area is 132 Å². The fourth-order valence-electron chi connectivity index (χ4n) is 2.05. The van der Waals surface area contributed by atoms with Gasteiger partial charge in [-0.15, -0.1) is 0 Å². The predicted octanol–water partition coefficient (Wildman–Crippen LogP) is 3.25. The molecule has 0 atom stereocenters. The molecule has 0 bridgehead atoms. The molecule has 5 nitrogen and oxygen atoms in total. The Hall–Kier alpha value is -2.21. The average Bonchev–Trinajstić information content (AvgIpc) is 2.48. The van der Waals surface area contributed by atoms with Gasteiger partial charge in [0.15, 0.2) is 0 Å². The molecule has 0 aliphatic heterocycles. The molecule has 6 heteroatoms. The zero-order valence-corrected chi connectivity index (χ0v) is 13.4. The summed E-state index contributed by atoms with van der Waals surface area (Å²) in [5, 5.41) is 10.7. The van der Waals surface area contributed by atoms with Gasteiger partial charge >= 0.3 is 5.97 Å². The van der Waals surface area contributed by atoms with Gasteiger partial charge in [-0.1, -0.05) is 12.1 Å². The van der Waals surface area contributed by atoms with Crippen molar-refractivity contribution in [3.8, 4) is 5.75 Å². The van der Waals surface area contributed by atoms with Gasteiger partial charge in [0.05, 0.1) is 13.5 Å². The molecule has 0 unspecified atom stereocenters. The molecule has 2 aromatic carbocycles. The van der Waals surface area contributed by atoms with Crippen LogP contribution < -0.4 is 4.74 Å². The number of thioether (sulfide) groups is 1. The van der Waals surface area contributed by atoms with Crippen molar-refractivity contribution in [2.45, 2.75) is 11.3 Å². The van der Waals surface area contributed by atoms with E-state index in [0.717, 1.165) is 22.5 Å². The first-order valence-corrected chi connectivity index (χ1v) is 7.44. The second kappa shape index (κ2) is 6.70. The predicted molar refractivity (Wildman–Crippen MR) is 86.8 cm³/mol. The molecule has 0 heterocycles. The second-order valence-corrected chi connectivity index (χ2v) is 5.94. The third-order valence-corrected chi connectivity index (χ3v) is 4.38. The van der Waals surface area contributed by atoms with E-state index in [0.29, 0.717) is 16.2 Å². The number of carbonyl (C=O) groups excluding carboxylic acids is 1. The summed E-state index contributed by atoms with van der Waals surface area (Å²) in [5.74, 6) is -0.208. The van der Waals surface area contributed by atoms with Gasteiger partial charge in [-0.3, -0.25) is 9.59 Å². The van der Waals surface area contributed by atoms with E-state index < -0.39 is 5.97 Å². The summed E-state index contributed by atoms with van der Waals surface area (Å²) in [7, 11) is 4.92. The van der Waals surface area contributed by atoms with Crippen molar-refractivity contribution < 1.29 is 19.4 Å². The van der Waals surface area contributed by atoms with Crippen molar-refractivity contribution >= 4 is 33.7 Å². The number of aliphatic carboxylic acids is 1. The summed E-state index contributed by atoms with van der Waals surface area (Å²) in [6, 6.07) is 9.12. The molecule has 0 spiro atoms. The van der Waals surface area contributed by atoms with Crippen LogP contribution in [0, 0.1) is 0 Å². The van der Waals surface area contributed by atoms with E-state index in [2.05, 4.69) is 0 Å². The number of hydrogen-bond acceptors (Lipinski definition) is 4. The van der Waals surface area contributed by atoms with Crippen molar-refractivity contribution in [3.63, 3.8) is 0 Å². The monoisotopic (exact) mass is 319 g/mol. The van der Waals surface area contributed by atoms with Crippen molar-refractivity contribution in [3.05, 3.63) is 35.9 Å². The SMILES string of the molecule is COc1ccc2c(SC(=O)N(C)C)c(CC(=O)O)ccc2c1. The van der Waals surface area contributed by atoms with Gasteiger partial charge in [-0.2, -0.15) is 0 Å². The molecule has 22 heavy (non-hydrogen) atoms. The smallest absolute Gasteiger partial charge is 0.307 e. The molecule has 0 saturated carbocycles. The van der Waals surface area contributed by atoms with Crippen molar-refractivity contribution in [1.29, 1.82) is 0 Å². The van der Waals surface area contributed by atoms with E-state index in [1.165, 1.54) is 4.90 Å². The summed E-state index contributed by atoms with van der Waals surface area (Å²) in [5.41, 5.74) is 0.630. The summed E-state index contributed by atoms with van der Waals surface area (Å²) in [6.45, 7) is 0. The normalized spacial score (nSPS) is 10.5. The number of ether oxygens (including phenoxy) is 1. The minimum Gasteiger partial charge on any atom is -0.497 e. The number of carboxylic acids is 1. The number of nitrogens with zero attached hydrogens (tertiary/aromatic N) is 1. The molecule has 2 rings (SSSR count). The van der Waals surface area contributed by atoms with E-state index in [9.17, 15) is 9.59 Å². The van der Waals surface area contributed by atoms with Crippen LogP contribution in [0.4, 0.5) is 4.79 Å². The van der Waals surface area contributed by atoms with Gasteiger partial charge in [-0.05, 0) is 46.3 Å². The number of methoxy groups -OCH3 is 1. The van der Waals surface area contributed by atoms with Gasteiger partial charge < -0.3 is 14.7 Å². The van der Waals surface area contributed by atoms with Crippen LogP contribution in [0.15, 0.2) is 35.2 Å². The lowest BCUT2D eigenvalue weighted by Crippen LogP contribution is -2.16. The fraction of sp³-hybridized carbons (Fsp3) is 0.250. The van der Waals surface area contributed by atoms with Crippen LogP contribution in [0.3, 0.4) is 0 Å². The van der Waals surface area contributed by atoms with E-state index in [4.69, 9.17) is 9.84 Å². The summed E-state index contributed by atoms with van der Waals surface area (Å²) in [4.78, 5) is 25.2. The van der Waals surface area contributed by atoms with Gasteiger partial charge in [0.25, 0.3) is 5.24 Å². The standard InChI is InChI=1S/C16H17NO4S/c1-17(2)16(20)22-15-11(9-14(18)19)5-4-10-8-12(21-3)6-7-13(10)15/h4-8H,9H2,1-3H3,(H,18,19). The molecule has 1 N–H and O–H groups in total. The Balaban J connectivity index is 2.58. The van der Waals surface area contributed by atoms with Crippen LogP contribution in [0.1, 0.15) is 5.56 Å². The minimum absolute atomic E-state index is 0.120. The van der Waals surface area contributed by atoms with Gasteiger partial charge in [0.1, 0.15) is 5.75 Å². The number of hydrogen-bond donors (Lipinski definition) is 1. The summed E-state index contributed by atoms with van der Waals surface area (Å²) >= 11 is 1.05. The summed E-state index contributed by atoms with van der Waals surface area (Å²) < 4.78 is 5.20. The Kier molecular flexibility index (Phi) is 4.92. The maximum atomic E-state index is 12.0. The molecule has 0 aromatic heterocycles. The average molecular weight is 319 g/mol. The molecular formula is C16H17NO4S. The molecule has 0 aliphatic rings. The van der Waals surface area contributed by atoms with Crippen LogP contribution in [0.2, 0.25) is 0 Å². The topological polar surface area (TPSA) is 66.8 Å². The Morgan fingerprint density at radius 3 is 2.55 bits per heavy atom. The highest BCUT2D eigenvalue weighted by molar-refractivity contribution is 8.13. The quantitative estimate of drug-likeness (QED) is 0.876. The largest absolute Gasteiger partial charge is 0.497 e. The van der Waals surface area contributed by atoms with E-state index in [-0.39, 0.29) is 11.7 Å². The maximum absolute atomic E-state index is 12.0. The van der Waals surface area contributed by atoms with Crippen molar-refractivity contribution in [2.75, 3.05) is 21.2 Å². The van der Waals surface area contributed by atoms with Crippen molar-refractivity contribution in [1.82, 2.24) is 4.90 Å². The Morgan fingerprint density at radius 1 is 1.23 bits per heavy atom. The highest BCUT2D eigenvalue weighted by Crippen LogP contribution is 2.34. The van der Waals surface area contributed by atoms with Crippen LogP contribution in [-0.2, 0) is 11.2 Å². The summed E-state index contributed by atoms with van der Waals surface area (Å²) in [6.07, 6.45) is -0.120. The molecule has 0 saturated heterocycles. The number of fused-ring (bicyclic) bond motifs is 1. The number of rotatable bonds is 4. The lowest BCUT2D eigenvalue weighted by atomic mass is 10.0. The van der Waals surface area contributed by atoms with Crippen molar-refractivity contribution in [2.24, 2.45) is 0 Å². The number of benzene rings is 2. The van der Waals surface area contributed by atoms with Gasteiger partial charge in [-0.25, -0.2) is 0 Å². The number of amides is 1. The van der Waals surface area contributed by atoms with Crippen LogP contribution >= 0.6 is 11.8 Å².